The molecule has 0 saturated carbocycles. The van der Waals surface area contributed by atoms with Crippen LogP contribution in [-0.2, 0) is 0 Å². The van der Waals surface area contributed by atoms with Gasteiger partial charge in [-0.15, -0.1) is 0 Å². The number of methoxy groups -OCH3 is 2. The molecule has 0 spiro atoms. The van der Waals surface area contributed by atoms with Crippen molar-refractivity contribution in [1.29, 1.82) is 0 Å². The normalized spacial score (nSPS) is 10.3. The van der Waals surface area contributed by atoms with Crippen LogP contribution >= 0.6 is 15.9 Å². The second-order valence-electron chi connectivity index (χ2n) is 4.54. The lowest BCUT2D eigenvalue weighted by atomic mass is 9.97. The average Bonchev–Trinajstić information content (AvgIpc) is 2.49. The number of hydrogen-bond donors (Lipinski definition) is 1. The van der Waals surface area contributed by atoms with Crippen LogP contribution in [0.4, 0.5) is 5.69 Å². The van der Waals surface area contributed by atoms with Gasteiger partial charge >= 0.3 is 0 Å². The van der Waals surface area contributed by atoms with Crippen LogP contribution in [0.1, 0.15) is 21.5 Å². The minimum absolute atomic E-state index is 0.151. The van der Waals surface area contributed by atoms with E-state index in [-0.39, 0.29) is 5.78 Å². The summed E-state index contributed by atoms with van der Waals surface area (Å²) in [6.07, 6.45) is 0. The molecule has 0 saturated heterocycles. The Hall–Kier alpha value is -2.01. The van der Waals surface area contributed by atoms with Crippen molar-refractivity contribution in [3.8, 4) is 11.5 Å². The van der Waals surface area contributed by atoms with Gasteiger partial charge in [0, 0.05) is 11.3 Å². The third kappa shape index (κ3) is 2.88. The largest absolute Gasteiger partial charge is 0.496 e. The van der Waals surface area contributed by atoms with Crippen molar-refractivity contribution in [2.24, 2.45) is 0 Å². The van der Waals surface area contributed by atoms with Crippen LogP contribution in [0.15, 0.2) is 34.8 Å². The van der Waals surface area contributed by atoms with Crippen molar-refractivity contribution < 1.29 is 14.3 Å². The third-order valence-corrected chi connectivity index (χ3v) is 3.96. The number of ketones is 1. The van der Waals surface area contributed by atoms with Gasteiger partial charge in [-0.1, -0.05) is 12.1 Å². The number of ether oxygens (including phenoxy) is 2. The third-order valence-electron chi connectivity index (χ3n) is 3.34. The first-order valence-corrected chi connectivity index (χ1v) is 7.10. The molecule has 110 valence electrons. The monoisotopic (exact) mass is 349 g/mol. The van der Waals surface area contributed by atoms with E-state index in [0.29, 0.717) is 28.3 Å². The van der Waals surface area contributed by atoms with Crippen LogP contribution in [-0.4, -0.2) is 20.0 Å². The number of anilines is 1. The highest BCUT2D eigenvalue weighted by Crippen LogP contribution is 2.34. The molecule has 0 heterocycles. The molecule has 0 radical (unpaired) electrons. The van der Waals surface area contributed by atoms with Crippen molar-refractivity contribution in [3.05, 3.63) is 51.5 Å². The molecule has 2 N–H and O–H groups in total. The molecule has 0 aliphatic rings. The number of nitrogens with two attached hydrogens (primary N) is 1. The molecule has 0 fully saturated rings. The second-order valence-corrected chi connectivity index (χ2v) is 5.39. The molecule has 2 rings (SSSR count). The predicted octanol–water partition coefficient (Wildman–Crippen LogP) is 3.59. The van der Waals surface area contributed by atoms with E-state index >= 15 is 0 Å². The predicted molar refractivity (Wildman–Crippen MR) is 86.3 cm³/mol. The summed E-state index contributed by atoms with van der Waals surface area (Å²) in [7, 11) is 3.07. The summed E-state index contributed by atoms with van der Waals surface area (Å²) in [5.74, 6) is 0.901. The van der Waals surface area contributed by atoms with Crippen LogP contribution in [0.5, 0.6) is 11.5 Å². The Morgan fingerprint density at radius 2 is 1.76 bits per heavy atom. The molecule has 4 nitrogen and oxygen atoms in total. The molecule has 0 bridgehead atoms. The first kappa shape index (κ1) is 15.4. The summed E-state index contributed by atoms with van der Waals surface area (Å²) in [6.45, 7) is 1.82. The number of carbonyl (C=O) groups excluding carboxylic acids is 1. The topological polar surface area (TPSA) is 61.5 Å². The van der Waals surface area contributed by atoms with Gasteiger partial charge in [-0.25, -0.2) is 0 Å². The molecule has 0 aliphatic carbocycles. The molecular formula is C16H16BrNO3. The summed E-state index contributed by atoms with van der Waals surface area (Å²) in [4.78, 5) is 12.8. The van der Waals surface area contributed by atoms with Crippen LogP contribution < -0.4 is 15.2 Å². The first-order valence-electron chi connectivity index (χ1n) is 6.31. The number of carbonyl (C=O) groups is 1. The van der Waals surface area contributed by atoms with E-state index in [1.807, 2.05) is 6.92 Å². The summed E-state index contributed by atoms with van der Waals surface area (Å²) >= 11 is 3.38. The van der Waals surface area contributed by atoms with Crippen molar-refractivity contribution in [2.75, 3.05) is 20.0 Å². The Kier molecular flexibility index (Phi) is 4.53. The molecule has 0 aliphatic heterocycles. The Bertz CT molecular complexity index is 698. The summed E-state index contributed by atoms with van der Waals surface area (Å²) in [6, 6.07) is 8.66. The van der Waals surface area contributed by atoms with Crippen molar-refractivity contribution >= 4 is 27.4 Å². The fraction of sp³-hybridized carbons (Fsp3) is 0.188. The van der Waals surface area contributed by atoms with Gasteiger partial charge in [0.2, 0.25) is 0 Å². The average molecular weight is 350 g/mol. The van der Waals surface area contributed by atoms with E-state index in [1.165, 1.54) is 7.11 Å². The van der Waals surface area contributed by atoms with E-state index in [2.05, 4.69) is 15.9 Å². The highest BCUT2D eigenvalue weighted by Gasteiger charge is 2.19. The zero-order valence-electron chi connectivity index (χ0n) is 12.1. The number of halogens is 1. The van der Waals surface area contributed by atoms with E-state index in [1.54, 1.807) is 37.4 Å². The zero-order chi connectivity index (χ0) is 15.6. The first-order chi connectivity index (χ1) is 9.99. The molecule has 0 unspecified atom stereocenters. The quantitative estimate of drug-likeness (QED) is 0.676. The molecule has 2 aromatic rings. The van der Waals surface area contributed by atoms with Gasteiger partial charge in [0.15, 0.2) is 5.78 Å². The highest BCUT2D eigenvalue weighted by atomic mass is 79.9. The van der Waals surface area contributed by atoms with Gasteiger partial charge < -0.3 is 15.2 Å². The van der Waals surface area contributed by atoms with E-state index < -0.39 is 0 Å². The minimum atomic E-state index is -0.151. The minimum Gasteiger partial charge on any atom is -0.496 e. The number of nitrogen functional groups attached to an aromatic ring is 1. The summed E-state index contributed by atoms with van der Waals surface area (Å²) < 4.78 is 11.3. The number of rotatable bonds is 4. The van der Waals surface area contributed by atoms with Crippen LogP contribution in [0.25, 0.3) is 0 Å². The zero-order valence-corrected chi connectivity index (χ0v) is 13.7. The van der Waals surface area contributed by atoms with Crippen LogP contribution in [0.3, 0.4) is 0 Å². The maximum absolute atomic E-state index is 12.8. The molecule has 2 aromatic carbocycles. The van der Waals surface area contributed by atoms with Gasteiger partial charge in [0.05, 0.1) is 24.3 Å². The lowest BCUT2D eigenvalue weighted by Crippen LogP contribution is -2.08. The van der Waals surface area contributed by atoms with Gasteiger partial charge in [0.25, 0.3) is 0 Å². The Balaban J connectivity index is 2.60. The van der Waals surface area contributed by atoms with Gasteiger partial charge in [-0.2, -0.15) is 0 Å². The Morgan fingerprint density at radius 1 is 1.10 bits per heavy atom. The SMILES string of the molecule is COc1cc(C(=O)c2cccc(N)c2C)c(OC)cc1Br. The molecule has 21 heavy (non-hydrogen) atoms. The fourth-order valence-electron chi connectivity index (χ4n) is 2.08. The Labute approximate surface area is 132 Å². The van der Waals surface area contributed by atoms with Crippen LogP contribution in [0.2, 0.25) is 0 Å². The molecule has 5 heteroatoms. The highest BCUT2D eigenvalue weighted by molar-refractivity contribution is 9.10. The molecule has 0 atom stereocenters. The maximum Gasteiger partial charge on any atom is 0.197 e. The maximum atomic E-state index is 12.8. The van der Waals surface area contributed by atoms with E-state index in [9.17, 15) is 4.79 Å². The molecule has 0 amide bonds. The van der Waals surface area contributed by atoms with Gasteiger partial charge in [-0.05, 0) is 46.6 Å². The molecule has 0 aromatic heterocycles. The standard InChI is InChI=1S/C16H16BrNO3/c1-9-10(5-4-6-13(9)18)16(19)11-7-15(21-3)12(17)8-14(11)20-2/h4-8H,18H2,1-3H3. The van der Waals surface area contributed by atoms with E-state index in [4.69, 9.17) is 15.2 Å². The number of benzene rings is 2. The lowest BCUT2D eigenvalue weighted by Gasteiger charge is -2.13. The number of hydrogen-bond acceptors (Lipinski definition) is 4. The summed E-state index contributed by atoms with van der Waals surface area (Å²) in [5, 5.41) is 0. The van der Waals surface area contributed by atoms with Crippen molar-refractivity contribution in [3.63, 3.8) is 0 Å². The smallest absolute Gasteiger partial charge is 0.197 e. The van der Waals surface area contributed by atoms with E-state index in [0.717, 1.165) is 10.0 Å². The molecular weight excluding hydrogens is 334 g/mol. The van der Waals surface area contributed by atoms with Crippen LogP contribution in [0, 0.1) is 6.92 Å². The Morgan fingerprint density at radius 3 is 2.38 bits per heavy atom. The summed E-state index contributed by atoms with van der Waals surface area (Å²) in [5.41, 5.74) is 8.20. The fourth-order valence-corrected chi connectivity index (χ4v) is 2.57. The van der Waals surface area contributed by atoms with Crippen molar-refractivity contribution in [2.45, 2.75) is 6.92 Å². The lowest BCUT2D eigenvalue weighted by molar-refractivity contribution is 0.103. The van der Waals surface area contributed by atoms with Gasteiger partial charge in [-0.3, -0.25) is 4.79 Å². The second kappa shape index (κ2) is 6.18. The van der Waals surface area contributed by atoms with Crippen molar-refractivity contribution in [1.82, 2.24) is 0 Å². The van der Waals surface area contributed by atoms with Gasteiger partial charge in [0.1, 0.15) is 11.5 Å².